The summed E-state index contributed by atoms with van der Waals surface area (Å²) in [4.78, 5) is 24.4. The average Bonchev–Trinajstić information content (AvgIpc) is 3.14. The monoisotopic (exact) mass is 389 g/mol. The number of hydrogen-bond acceptors (Lipinski definition) is 6. The lowest BCUT2D eigenvalue weighted by Crippen LogP contribution is -2.27. The van der Waals surface area contributed by atoms with Gasteiger partial charge in [0.2, 0.25) is 12.7 Å². The lowest BCUT2D eigenvalue weighted by atomic mass is 10.2. The van der Waals surface area contributed by atoms with Gasteiger partial charge in [-0.1, -0.05) is 13.0 Å². The number of halogens is 1. The van der Waals surface area contributed by atoms with Crippen LogP contribution >= 0.6 is 0 Å². The summed E-state index contributed by atoms with van der Waals surface area (Å²) in [6, 6.07) is 8.72. The third kappa shape index (κ3) is 4.74. The molecule has 1 heterocycles. The van der Waals surface area contributed by atoms with Crippen molar-refractivity contribution in [3.05, 3.63) is 57.9 Å². The maximum Gasteiger partial charge on any atom is 0.271 e. The molecule has 1 aliphatic heterocycles. The first-order valence-electron chi connectivity index (χ1n) is 8.81. The minimum absolute atomic E-state index is 0.126. The Morgan fingerprint density at radius 1 is 1.25 bits per heavy atom. The maximum absolute atomic E-state index is 13.8. The van der Waals surface area contributed by atoms with E-state index in [1.807, 2.05) is 25.1 Å². The highest BCUT2D eigenvalue weighted by Crippen LogP contribution is 2.32. The Kier molecular flexibility index (Phi) is 6.05. The number of non-ortho nitro benzene ring substituents is 1. The number of ether oxygens (including phenoxy) is 2. The number of nitrogens with zero attached hydrogens (tertiary/aromatic N) is 2. The van der Waals surface area contributed by atoms with Crippen molar-refractivity contribution < 1.29 is 23.6 Å². The highest BCUT2D eigenvalue weighted by atomic mass is 19.1. The van der Waals surface area contributed by atoms with Crippen LogP contribution in [0.25, 0.3) is 0 Å². The molecule has 0 saturated carbocycles. The number of rotatable bonds is 8. The van der Waals surface area contributed by atoms with Crippen LogP contribution in [-0.2, 0) is 11.3 Å². The van der Waals surface area contributed by atoms with Gasteiger partial charge >= 0.3 is 0 Å². The van der Waals surface area contributed by atoms with Crippen molar-refractivity contribution in [3.8, 4) is 11.5 Å². The van der Waals surface area contributed by atoms with Gasteiger partial charge in [0, 0.05) is 31.6 Å². The summed E-state index contributed by atoms with van der Waals surface area (Å²) in [5.74, 6) is 0.285. The molecule has 9 heteroatoms. The number of anilines is 1. The van der Waals surface area contributed by atoms with E-state index in [-0.39, 0.29) is 24.6 Å². The fraction of sp³-hybridized carbons (Fsp3) is 0.316. The van der Waals surface area contributed by atoms with Crippen molar-refractivity contribution in [2.45, 2.75) is 19.9 Å². The highest BCUT2D eigenvalue weighted by molar-refractivity contribution is 5.91. The summed E-state index contributed by atoms with van der Waals surface area (Å²) in [5, 5.41) is 13.2. The Morgan fingerprint density at radius 2 is 2.04 bits per heavy atom. The predicted octanol–water partition coefficient (Wildman–Crippen LogP) is 3.31. The van der Waals surface area contributed by atoms with Crippen LogP contribution in [0.3, 0.4) is 0 Å². The Hall–Kier alpha value is -3.20. The third-order valence-corrected chi connectivity index (χ3v) is 4.38. The first-order chi connectivity index (χ1) is 13.5. The Labute approximate surface area is 161 Å². The van der Waals surface area contributed by atoms with Crippen LogP contribution in [0, 0.1) is 15.9 Å². The minimum Gasteiger partial charge on any atom is -0.454 e. The summed E-state index contributed by atoms with van der Waals surface area (Å²) in [6.45, 7) is 3.97. The van der Waals surface area contributed by atoms with E-state index in [2.05, 4.69) is 10.2 Å². The molecule has 0 bridgehead atoms. The highest BCUT2D eigenvalue weighted by Gasteiger charge is 2.16. The minimum atomic E-state index is -0.716. The summed E-state index contributed by atoms with van der Waals surface area (Å²) < 4.78 is 24.4. The van der Waals surface area contributed by atoms with E-state index < -0.39 is 16.6 Å². The second kappa shape index (κ2) is 8.66. The fourth-order valence-electron chi connectivity index (χ4n) is 2.84. The van der Waals surface area contributed by atoms with E-state index in [0.717, 1.165) is 23.8 Å². The molecule has 0 saturated heterocycles. The van der Waals surface area contributed by atoms with Gasteiger partial charge in [-0.05, 0) is 30.3 Å². The standard InChI is InChI=1S/C19H20FN3O5/c1-2-22(11-13-3-6-17-18(9-13)28-12-27-17)8-7-19(24)21-16-10-14(23(25)26)4-5-15(16)20/h3-6,9-10H,2,7-8,11-12H2,1H3,(H,21,24). The molecular formula is C19H20FN3O5. The second-order valence-corrected chi connectivity index (χ2v) is 6.28. The van der Waals surface area contributed by atoms with Crippen molar-refractivity contribution in [2.75, 3.05) is 25.2 Å². The van der Waals surface area contributed by atoms with E-state index in [9.17, 15) is 19.3 Å². The normalized spacial score (nSPS) is 12.2. The van der Waals surface area contributed by atoms with Crippen LogP contribution in [0.2, 0.25) is 0 Å². The number of hydrogen-bond donors (Lipinski definition) is 1. The topological polar surface area (TPSA) is 93.9 Å². The molecule has 2 aromatic carbocycles. The van der Waals surface area contributed by atoms with Crippen molar-refractivity contribution in [1.82, 2.24) is 4.90 Å². The van der Waals surface area contributed by atoms with Gasteiger partial charge in [-0.2, -0.15) is 0 Å². The van der Waals surface area contributed by atoms with Gasteiger partial charge in [0.1, 0.15) is 5.82 Å². The number of benzene rings is 2. The van der Waals surface area contributed by atoms with Crippen LogP contribution in [0.4, 0.5) is 15.8 Å². The van der Waals surface area contributed by atoms with Crippen LogP contribution in [0.1, 0.15) is 18.9 Å². The Balaban J connectivity index is 1.55. The molecule has 1 N–H and O–H groups in total. The number of amides is 1. The van der Waals surface area contributed by atoms with Crippen molar-refractivity contribution in [1.29, 1.82) is 0 Å². The van der Waals surface area contributed by atoms with Gasteiger partial charge in [-0.15, -0.1) is 0 Å². The summed E-state index contributed by atoms with van der Waals surface area (Å²) in [6.07, 6.45) is 0.126. The Morgan fingerprint density at radius 3 is 2.79 bits per heavy atom. The third-order valence-electron chi connectivity index (χ3n) is 4.38. The van der Waals surface area contributed by atoms with Crippen molar-refractivity contribution in [3.63, 3.8) is 0 Å². The number of fused-ring (bicyclic) bond motifs is 1. The van der Waals surface area contributed by atoms with E-state index >= 15 is 0 Å². The zero-order valence-corrected chi connectivity index (χ0v) is 15.3. The summed E-state index contributed by atoms with van der Waals surface area (Å²) in [7, 11) is 0. The van der Waals surface area contributed by atoms with Gasteiger partial charge in [0.15, 0.2) is 11.5 Å². The van der Waals surface area contributed by atoms with Crippen LogP contribution in [0.5, 0.6) is 11.5 Å². The largest absolute Gasteiger partial charge is 0.454 e. The average molecular weight is 389 g/mol. The quantitative estimate of drug-likeness (QED) is 0.550. The SMILES string of the molecule is CCN(CCC(=O)Nc1cc([N+](=O)[O-])ccc1F)Cc1ccc2c(c1)OCO2. The van der Waals surface area contributed by atoms with E-state index in [1.54, 1.807) is 0 Å². The lowest BCUT2D eigenvalue weighted by Gasteiger charge is -2.20. The van der Waals surface area contributed by atoms with Crippen LogP contribution in [0.15, 0.2) is 36.4 Å². The van der Waals surface area contributed by atoms with E-state index in [1.165, 1.54) is 0 Å². The van der Waals surface area contributed by atoms with E-state index in [4.69, 9.17) is 9.47 Å². The molecule has 3 rings (SSSR count). The van der Waals surface area contributed by atoms with Gasteiger partial charge in [0.05, 0.1) is 10.6 Å². The number of nitrogens with one attached hydrogen (secondary N) is 1. The van der Waals surface area contributed by atoms with Gasteiger partial charge in [-0.3, -0.25) is 19.8 Å². The molecule has 0 atom stereocenters. The summed E-state index contributed by atoms with van der Waals surface area (Å²) in [5.41, 5.74) is 0.545. The van der Waals surface area contributed by atoms with Gasteiger partial charge in [0.25, 0.3) is 5.69 Å². The first-order valence-corrected chi connectivity index (χ1v) is 8.81. The van der Waals surface area contributed by atoms with Crippen LogP contribution < -0.4 is 14.8 Å². The molecule has 0 aromatic heterocycles. The molecule has 0 unspecified atom stereocenters. The number of carbonyl (C=O) groups excluding carboxylic acids is 1. The molecule has 148 valence electrons. The molecule has 0 spiro atoms. The smallest absolute Gasteiger partial charge is 0.271 e. The predicted molar refractivity (Wildman–Crippen MR) is 99.8 cm³/mol. The molecule has 0 aliphatic carbocycles. The first kappa shape index (κ1) is 19.6. The molecule has 1 amide bonds. The molecule has 2 aromatic rings. The van der Waals surface area contributed by atoms with E-state index in [0.29, 0.717) is 31.1 Å². The number of nitro groups is 1. The molecule has 0 fully saturated rings. The zero-order chi connectivity index (χ0) is 20.1. The maximum atomic E-state index is 13.8. The second-order valence-electron chi connectivity index (χ2n) is 6.28. The van der Waals surface area contributed by atoms with Crippen molar-refractivity contribution >= 4 is 17.3 Å². The Bertz CT molecular complexity index is 890. The lowest BCUT2D eigenvalue weighted by molar-refractivity contribution is -0.384. The van der Waals surface area contributed by atoms with Gasteiger partial charge in [-0.25, -0.2) is 4.39 Å². The molecule has 28 heavy (non-hydrogen) atoms. The number of nitro benzene ring substituents is 1. The summed E-state index contributed by atoms with van der Waals surface area (Å²) >= 11 is 0. The number of carbonyl (C=O) groups is 1. The molecular weight excluding hydrogens is 369 g/mol. The molecule has 8 nitrogen and oxygen atoms in total. The zero-order valence-electron chi connectivity index (χ0n) is 15.3. The molecule has 0 radical (unpaired) electrons. The fourth-order valence-corrected chi connectivity index (χ4v) is 2.84. The van der Waals surface area contributed by atoms with Crippen LogP contribution in [-0.4, -0.2) is 35.6 Å². The van der Waals surface area contributed by atoms with Gasteiger partial charge < -0.3 is 14.8 Å². The molecule has 1 aliphatic rings. The van der Waals surface area contributed by atoms with Crippen molar-refractivity contribution in [2.24, 2.45) is 0 Å².